The molecule has 0 aliphatic heterocycles. The Morgan fingerprint density at radius 3 is 2.67 bits per heavy atom. The molecule has 0 atom stereocenters. The van der Waals surface area contributed by atoms with Crippen LogP contribution in [-0.4, -0.2) is 13.1 Å². The number of carbonyl (C=O) groups is 1. The Kier molecular flexibility index (Phi) is 4.96. The number of aryl methyl sites for hydroxylation is 1. The Hall–Kier alpha value is -1.88. The number of halogens is 2. The molecule has 0 N–H and O–H groups in total. The van der Waals surface area contributed by atoms with E-state index in [1.54, 1.807) is 30.3 Å². The number of benzene rings is 2. The number of hydrogen-bond donors (Lipinski definition) is 0. The summed E-state index contributed by atoms with van der Waals surface area (Å²) < 4.78 is 24.4. The molecule has 2 aromatic rings. The van der Waals surface area contributed by atoms with Crippen molar-refractivity contribution in [3.63, 3.8) is 0 Å². The fourth-order valence-corrected chi connectivity index (χ4v) is 2.28. The van der Waals surface area contributed by atoms with Crippen LogP contribution in [-0.2, 0) is 11.3 Å². The second-order valence-corrected chi connectivity index (χ2v) is 5.37. The van der Waals surface area contributed by atoms with Crippen molar-refractivity contribution < 1.29 is 18.7 Å². The van der Waals surface area contributed by atoms with E-state index in [2.05, 4.69) is 20.7 Å². The molecule has 2 rings (SSSR count). The summed E-state index contributed by atoms with van der Waals surface area (Å²) in [6, 6.07) is 9.73. The van der Waals surface area contributed by atoms with E-state index >= 15 is 0 Å². The van der Waals surface area contributed by atoms with Crippen LogP contribution in [0.25, 0.3) is 0 Å². The first-order chi connectivity index (χ1) is 10.0. The molecule has 0 saturated carbocycles. The number of methoxy groups -OCH3 is 1. The minimum Gasteiger partial charge on any atom is -0.486 e. The van der Waals surface area contributed by atoms with E-state index in [4.69, 9.17) is 4.74 Å². The van der Waals surface area contributed by atoms with Crippen molar-refractivity contribution in [2.24, 2.45) is 0 Å². The molecule has 0 unspecified atom stereocenters. The second kappa shape index (κ2) is 6.72. The highest BCUT2D eigenvalue weighted by molar-refractivity contribution is 9.10. The Morgan fingerprint density at radius 2 is 2.00 bits per heavy atom. The van der Waals surface area contributed by atoms with Gasteiger partial charge in [0.1, 0.15) is 6.61 Å². The van der Waals surface area contributed by atoms with Crippen molar-refractivity contribution in [1.82, 2.24) is 0 Å². The van der Waals surface area contributed by atoms with Crippen molar-refractivity contribution in [3.05, 3.63) is 63.4 Å². The van der Waals surface area contributed by atoms with Crippen LogP contribution >= 0.6 is 15.9 Å². The minimum atomic E-state index is -0.409. The molecule has 0 radical (unpaired) electrons. The zero-order valence-electron chi connectivity index (χ0n) is 11.7. The van der Waals surface area contributed by atoms with Gasteiger partial charge < -0.3 is 9.47 Å². The van der Waals surface area contributed by atoms with E-state index in [1.165, 1.54) is 13.2 Å². The van der Waals surface area contributed by atoms with Crippen LogP contribution in [0.5, 0.6) is 5.75 Å². The van der Waals surface area contributed by atoms with Crippen molar-refractivity contribution >= 4 is 21.9 Å². The molecular weight excluding hydrogens is 339 g/mol. The van der Waals surface area contributed by atoms with Gasteiger partial charge in [-0.05, 0) is 36.8 Å². The van der Waals surface area contributed by atoms with Crippen LogP contribution in [0.4, 0.5) is 4.39 Å². The largest absolute Gasteiger partial charge is 0.486 e. The molecule has 110 valence electrons. The molecular formula is C16H14BrFO3. The predicted octanol–water partition coefficient (Wildman–Crippen LogP) is 4.26. The van der Waals surface area contributed by atoms with Gasteiger partial charge in [0.05, 0.1) is 12.7 Å². The maximum absolute atomic E-state index is 13.6. The lowest BCUT2D eigenvalue weighted by Crippen LogP contribution is -2.03. The van der Waals surface area contributed by atoms with Crippen molar-refractivity contribution in [2.75, 3.05) is 7.11 Å². The third kappa shape index (κ3) is 3.82. The molecule has 21 heavy (non-hydrogen) atoms. The number of ether oxygens (including phenoxy) is 2. The van der Waals surface area contributed by atoms with Crippen molar-refractivity contribution in [1.29, 1.82) is 0 Å². The summed E-state index contributed by atoms with van der Waals surface area (Å²) in [7, 11) is 1.33. The summed E-state index contributed by atoms with van der Waals surface area (Å²) >= 11 is 3.37. The molecule has 2 aromatic carbocycles. The van der Waals surface area contributed by atoms with Crippen molar-refractivity contribution in [2.45, 2.75) is 13.5 Å². The second-order valence-electron chi connectivity index (χ2n) is 4.52. The highest BCUT2D eigenvalue weighted by atomic mass is 79.9. The first-order valence-electron chi connectivity index (χ1n) is 6.27. The van der Waals surface area contributed by atoms with Gasteiger partial charge in [0.25, 0.3) is 0 Å². The minimum absolute atomic E-state index is 0.197. The molecule has 0 aromatic heterocycles. The lowest BCUT2D eigenvalue weighted by molar-refractivity contribution is 0.0600. The maximum Gasteiger partial charge on any atom is 0.337 e. The fourth-order valence-electron chi connectivity index (χ4n) is 1.79. The number of rotatable bonds is 4. The van der Waals surface area contributed by atoms with Gasteiger partial charge in [0.15, 0.2) is 11.6 Å². The highest BCUT2D eigenvalue weighted by Crippen LogP contribution is 2.23. The van der Waals surface area contributed by atoms with E-state index in [-0.39, 0.29) is 12.4 Å². The summed E-state index contributed by atoms with van der Waals surface area (Å²) in [5, 5.41) is 0. The quantitative estimate of drug-likeness (QED) is 0.771. The van der Waals surface area contributed by atoms with E-state index in [1.807, 2.05) is 6.92 Å². The standard InChI is InChI=1S/C16H14BrFO3/c1-10-3-6-14(18)15(7-10)21-9-12-5-4-11(8-13(12)17)16(19)20-2/h3-8H,9H2,1-2H3. The molecule has 0 aliphatic rings. The van der Waals surface area contributed by atoms with Crippen molar-refractivity contribution in [3.8, 4) is 5.75 Å². The Balaban J connectivity index is 2.13. The van der Waals surface area contributed by atoms with Gasteiger partial charge >= 0.3 is 5.97 Å². The van der Waals surface area contributed by atoms with E-state index in [0.29, 0.717) is 10.0 Å². The van der Waals surface area contributed by atoms with Gasteiger partial charge in [-0.1, -0.05) is 28.1 Å². The van der Waals surface area contributed by atoms with E-state index < -0.39 is 11.8 Å². The SMILES string of the molecule is COC(=O)c1ccc(COc2cc(C)ccc2F)c(Br)c1. The van der Waals surface area contributed by atoms with Gasteiger partial charge in [-0.15, -0.1) is 0 Å². The molecule has 0 saturated heterocycles. The third-order valence-electron chi connectivity index (χ3n) is 2.94. The van der Waals surface area contributed by atoms with Crippen LogP contribution in [0.2, 0.25) is 0 Å². The lowest BCUT2D eigenvalue weighted by atomic mass is 10.1. The summed E-state index contributed by atoms with van der Waals surface area (Å²) in [6.45, 7) is 2.07. The molecule has 3 nitrogen and oxygen atoms in total. The van der Waals surface area contributed by atoms with Gasteiger partial charge in [-0.3, -0.25) is 0 Å². The average molecular weight is 353 g/mol. The summed E-state index contributed by atoms with van der Waals surface area (Å²) in [5.74, 6) is -0.602. The van der Waals surface area contributed by atoms with Crippen LogP contribution in [0.15, 0.2) is 40.9 Å². The van der Waals surface area contributed by atoms with Gasteiger partial charge in [0, 0.05) is 10.0 Å². The maximum atomic E-state index is 13.6. The van der Waals surface area contributed by atoms with Crippen LogP contribution in [0.1, 0.15) is 21.5 Å². The van der Waals surface area contributed by atoms with E-state index in [0.717, 1.165) is 11.1 Å². The first kappa shape index (κ1) is 15.5. The fraction of sp³-hybridized carbons (Fsp3) is 0.188. The summed E-state index contributed by atoms with van der Waals surface area (Å²) in [6.07, 6.45) is 0. The summed E-state index contributed by atoms with van der Waals surface area (Å²) in [5.41, 5.74) is 2.17. The molecule has 0 heterocycles. The monoisotopic (exact) mass is 352 g/mol. The average Bonchev–Trinajstić information content (AvgIpc) is 2.48. The Labute approximate surface area is 130 Å². The van der Waals surface area contributed by atoms with Crippen LogP contribution < -0.4 is 4.74 Å². The van der Waals surface area contributed by atoms with Gasteiger partial charge in [-0.25, -0.2) is 9.18 Å². The molecule has 0 aliphatic carbocycles. The Morgan fingerprint density at radius 1 is 1.24 bits per heavy atom. The summed E-state index contributed by atoms with van der Waals surface area (Å²) in [4.78, 5) is 11.4. The number of hydrogen-bond acceptors (Lipinski definition) is 3. The predicted molar refractivity (Wildman–Crippen MR) is 81.0 cm³/mol. The Bertz CT molecular complexity index is 671. The topological polar surface area (TPSA) is 35.5 Å². The van der Waals surface area contributed by atoms with Gasteiger partial charge in [-0.2, -0.15) is 0 Å². The zero-order valence-corrected chi connectivity index (χ0v) is 13.2. The molecule has 0 fully saturated rings. The molecule has 5 heteroatoms. The van der Waals surface area contributed by atoms with E-state index in [9.17, 15) is 9.18 Å². The van der Waals surface area contributed by atoms with Gasteiger partial charge in [0.2, 0.25) is 0 Å². The third-order valence-corrected chi connectivity index (χ3v) is 3.68. The number of esters is 1. The highest BCUT2D eigenvalue weighted by Gasteiger charge is 2.10. The molecule has 0 amide bonds. The van der Waals surface area contributed by atoms with Crippen LogP contribution in [0, 0.1) is 12.7 Å². The first-order valence-corrected chi connectivity index (χ1v) is 7.06. The lowest BCUT2D eigenvalue weighted by Gasteiger charge is -2.10. The number of carbonyl (C=O) groups excluding carboxylic acids is 1. The zero-order chi connectivity index (χ0) is 15.4. The molecule has 0 bridgehead atoms. The van der Waals surface area contributed by atoms with Crippen LogP contribution in [0.3, 0.4) is 0 Å². The normalized spacial score (nSPS) is 10.3. The smallest absolute Gasteiger partial charge is 0.337 e. The molecule has 0 spiro atoms.